The van der Waals surface area contributed by atoms with Gasteiger partial charge >= 0.3 is 0 Å². The molecule has 0 aliphatic carbocycles. The fourth-order valence-electron chi connectivity index (χ4n) is 3.21. The molecule has 2 saturated heterocycles. The van der Waals surface area contributed by atoms with Crippen LogP contribution in [0.4, 0.5) is 0 Å². The fraction of sp³-hybridized carbons (Fsp3) is 0.500. The largest absolute Gasteiger partial charge is 0.411 e. The lowest BCUT2D eigenvalue weighted by atomic mass is 10.00. The molecule has 2 aliphatic heterocycles. The summed E-state index contributed by atoms with van der Waals surface area (Å²) in [5.74, 6) is 0. The van der Waals surface area contributed by atoms with Gasteiger partial charge in [-0.2, -0.15) is 0 Å². The van der Waals surface area contributed by atoms with Gasteiger partial charge in [0.1, 0.15) is 0 Å². The van der Waals surface area contributed by atoms with Crippen molar-refractivity contribution < 1.29 is 5.21 Å². The third-order valence-corrected chi connectivity index (χ3v) is 4.06. The number of hydrogen-bond donors (Lipinski definition) is 1. The molecule has 2 bridgehead atoms. The van der Waals surface area contributed by atoms with Crippen LogP contribution < -0.4 is 0 Å². The molecule has 3 heteroatoms. The number of hydrogen-bond acceptors (Lipinski definition) is 3. The second-order valence-electron chi connectivity index (χ2n) is 5.12. The first-order valence-electron chi connectivity index (χ1n) is 6.36. The van der Waals surface area contributed by atoms with E-state index in [4.69, 9.17) is 5.21 Å². The Morgan fingerprint density at radius 3 is 2.35 bits per heavy atom. The highest BCUT2D eigenvalue weighted by Crippen LogP contribution is 2.35. The molecular formula is C14H18N2O. The Bertz CT molecular complexity index is 399. The van der Waals surface area contributed by atoms with Gasteiger partial charge in [-0.05, 0) is 18.4 Å². The lowest BCUT2D eigenvalue weighted by Gasteiger charge is -2.35. The second kappa shape index (κ2) is 4.49. The molecular weight excluding hydrogens is 212 g/mol. The van der Waals surface area contributed by atoms with Crippen molar-refractivity contribution in [2.45, 2.75) is 44.3 Å². The third-order valence-electron chi connectivity index (χ3n) is 4.06. The van der Waals surface area contributed by atoms with Gasteiger partial charge in [-0.25, -0.2) is 0 Å². The van der Waals surface area contributed by atoms with Crippen LogP contribution in [0.2, 0.25) is 0 Å². The molecule has 17 heavy (non-hydrogen) atoms. The number of nitrogens with zero attached hydrogens (tertiary/aromatic N) is 2. The maximum Gasteiger partial charge on any atom is 0.0601 e. The van der Waals surface area contributed by atoms with E-state index in [2.05, 4.69) is 40.4 Å². The molecule has 2 atom stereocenters. The zero-order chi connectivity index (χ0) is 11.7. The van der Waals surface area contributed by atoms with Crippen LogP contribution in [-0.4, -0.2) is 27.9 Å². The number of rotatable bonds is 2. The van der Waals surface area contributed by atoms with Crippen LogP contribution in [0.5, 0.6) is 0 Å². The Hall–Kier alpha value is -1.35. The molecule has 0 spiro atoms. The lowest BCUT2D eigenvalue weighted by Crippen LogP contribution is -2.42. The molecule has 90 valence electrons. The minimum Gasteiger partial charge on any atom is -0.411 e. The van der Waals surface area contributed by atoms with E-state index in [0.717, 1.165) is 25.1 Å². The predicted molar refractivity (Wildman–Crippen MR) is 67.3 cm³/mol. The van der Waals surface area contributed by atoms with E-state index in [1.807, 2.05) is 0 Å². The Morgan fingerprint density at radius 1 is 1.12 bits per heavy atom. The molecule has 2 heterocycles. The summed E-state index contributed by atoms with van der Waals surface area (Å²) in [6.45, 7) is 1.04. The van der Waals surface area contributed by atoms with E-state index in [-0.39, 0.29) is 0 Å². The molecule has 2 aliphatic rings. The van der Waals surface area contributed by atoms with E-state index in [1.54, 1.807) is 0 Å². The molecule has 0 radical (unpaired) electrons. The van der Waals surface area contributed by atoms with Crippen molar-refractivity contribution >= 4 is 5.71 Å². The van der Waals surface area contributed by atoms with Gasteiger partial charge in [0.25, 0.3) is 0 Å². The summed E-state index contributed by atoms with van der Waals surface area (Å²) < 4.78 is 0. The highest BCUT2D eigenvalue weighted by molar-refractivity contribution is 5.86. The van der Waals surface area contributed by atoms with Gasteiger partial charge in [-0.1, -0.05) is 35.5 Å². The fourth-order valence-corrected chi connectivity index (χ4v) is 3.21. The van der Waals surface area contributed by atoms with Crippen LogP contribution in [0, 0.1) is 0 Å². The van der Waals surface area contributed by atoms with Gasteiger partial charge in [-0.15, -0.1) is 0 Å². The van der Waals surface area contributed by atoms with Crippen LogP contribution in [-0.2, 0) is 6.54 Å². The number of oxime groups is 1. The van der Waals surface area contributed by atoms with Gasteiger partial charge in [0.15, 0.2) is 0 Å². The van der Waals surface area contributed by atoms with Crippen molar-refractivity contribution in [3.8, 4) is 0 Å². The smallest absolute Gasteiger partial charge is 0.0601 e. The summed E-state index contributed by atoms with van der Waals surface area (Å²) in [7, 11) is 0. The molecule has 0 saturated carbocycles. The highest BCUT2D eigenvalue weighted by Gasteiger charge is 2.39. The quantitative estimate of drug-likeness (QED) is 0.626. The molecule has 0 aromatic heterocycles. The summed E-state index contributed by atoms with van der Waals surface area (Å²) in [5.41, 5.74) is 2.37. The maximum atomic E-state index is 8.90. The molecule has 3 nitrogen and oxygen atoms in total. The SMILES string of the molecule is ON=C1C[C@H]2CC[C@@H](C1)N2Cc1ccccc1. The normalized spacial score (nSPS) is 30.9. The van der Waals surface area contributed by atoms with Crippen LogP contribution in [0.25, 0.3) is 0 Å². The third kappa shape index (κ3) is 2.07. The monoisotopic (exact) mass is 230 g/mol. The number of fused-ring (bicyclic) bond motifs is 2. The Balaban J connectivity index is 1.74. The Labute approximate surface area is 102 Å². The summed E-state index contributed by atoms with van der Waals surface area (Å²) in [5, 5.41) is 12.3. The zero-order valence-corrected chi connectivity index (χ0v) is 9.92. The minimum absolute atomic E-state index is 0.583. The van der Waals surface area contributed by atoms with E-state index in [0.29, 0.717) is 12.1 Å². The Kier molecular flexibility index (Phi) is 2.85. The summed E-state index contributed by atoms with van der Waals surface area (Å²) in [6, 6.07) is 11.8. The molecule has 1 aromatic carbocycles. The second-order valence-corrected chi connectivity index (χ2v) is 5.12. The average Bonchev–Trinajstić information content (AvgIpc) is 2.63. The molecule has 2 fully saturated rings. The molecule has 0 unspecified atom stereocenters. The minimum atomic E-state index is 0.583. The molecule has 0 amide bonds. The van der Waals surface area contributed by atoms with Crippen molar-refractivity contribution in [1.29, 1.82) is 0 Å². The van der Waals surface area contributed by atoms with Crippen molar-refractivity contribution in [2.75, 3.05) is 0 Å². The lowest BCUT2D eigenvalue weighted by molar-refractivity contribution is 0.171. The highest BCUT2D eigenvalue weighted by atomic mass is 16.4. The summed E-state index contributed by atoms with van der Waals surface area (Å²) >= 11 is 0. The van der Waals surface area contributed by atoms with Gasteiger partial charge in [0.05, 0.1) is 5.71 Å². The first-order valence-corrected chi connectivity index (χ1v) is 6.36. The van der Waals surface area contributed by atoms with Gasteiger partial charge < -0.3 is 5.21 Å². The van der Waals surface area contributed by atoms with Crippen LogP contribution in [0.3, 0.4) is 0 Å². The van der Waals surface area contributed by atoms with Crippen molar-refractivity contribution in [3.05, 3.63) is 35.9 Å². The van der Waals surface area contributed by atoms with Crippen molar-refractivity contribution in [3.63, 3.8) is 0 Å². The number of piperidine rings is 1. The molecule has 3 rings (SSSR count). The molecule has 1 N–H and O–H groups in total. The van der Waals surface area contributed by atoms with Gasteiger partial charge in [-0.3, -0.25) is 4.90 Å². The zero-order valence-electron chi connectivity index (χ0n) is 9.92. The van der Waals surface area contributed by atoms with E-state index >= 15 is 0 Å². The van der Waals surface area contributed by atoms with E-state index < -0.39 is 0 Å². The van der Waals surface area contributed by atoms with Crippen LogP contribution >= 0.6 is 0 Å². The first kappa shape index (κ1) is 10.8. The first-order chi connectivity index (χ1) is 8.36. The van der Waals surface area contributed by atoms with Gasteiger partial charge in [0, 0.05) is 31.5 Å². The molecule has 1 aromatic rings. The topological polar surface area (TPSA) is 35.8 Å². The van der Waals surface area contributed by atoms with Crippen LogP contribution in [0.1, 0.15) is 31.2 Å². The standard InChI is InChI=1S/C14H18N2O/c17-15-12-8-13-6-7-14(9-12)16(13)10-11-4-2-1-3-5-11/h1-5,13-14,17H,6-10H2/t13-,14+. The van der Waals surface area contributed by atoms with E-state index in [9.17, 15) is 0 Å². The summed E-state index contributed by atoms with van der Waals surface area (Å²) in [4.78, 5) is 2.59. The van der Waals surface area contributed by atoms with E-state index in [1.165, 1.54) is 18.4 Å². The predicted octanol–water partition coefficient (Wildman–Crippen LogP) is 2.64. The van der Waals surface area contributed by atoms with Crippen molar-refractivity contribution in [2.24, 2.45) is 5.16 Å². The van der Waals surface area contributed by atoms with Crippen molar-refractivity contribution in [1.82, 2.24) is 4.90 Å². The van der Waals surface area contributed by atoms with Gasteiger partial charge in [0.2, 0.25) is 0 Å². The Morgan fingerprint density at radius 2 is 1.76 bits per heavy atom. The maximum absolute atomic E-state index is 8.90. The number of benzene rings is 1. The average molecular weight is 230 g/mol. The van der Waals surface area contributed by atoms with Crippen LogP contribution in [0.15, 0.2) is 35.5 Å². The summed E-state index contributed by atoms with van der Waals surface area (Å²) in [6.07, 6.45) is 4.38.